The van der Waals surface area contributed by atoms with Gasteiger partial charge in [0, 0.05) is 6.42 Å². The number of carbonyl (C=O) groups excluding carboxylic acids is 3. The van der Waals surface area contributed by atoms with Crippen molar-refractivity contribution < 1.29 is 24.3 Å². The van der Waals surface area contributed by atoms with Crippen molar-refractivity contribution in [2.75, 3.05) is 11.4 Å². The van der Waals surface area contributed by atoms with Crippen LogP contribution in [0.4, 0.5) is 10.5 Å². The van der Waals surface area contributed by atoms with E-state index in [2.05, 4.69) is 5.32 Å². The number of thioether (sulfide) groups is 1. The first kappa shape index (κ1) is 17.0. The van der Waals surface area contributed by atoms with E-state index >= 15 is 0 Å². The van der Waals surface area contributed by atoms with Crippen LogP contribution in [0.5, 0.6) is 0 Å². The van der Waals surface area contributed by atoms with Crippen molar-refractivity contribution in [1.29, 1.82) is 0 Å². The molecule has 1 aliphatic heterocycles. The number of hydrogen-bond acceptors (Lipinski definition) is 5. The van der Waals surface area contributed by atoms with Crippen LogP contribution in [0.2, 0.25) is 0 Å². The number of carboxylic acids is 1. The molecule has 0 aliphatic carbocycles. The van der Waals surface area contributed by atoms with Gasteiger partial charge in [-0.3, -0.25) is 19.2 Å². The normalized spacial score (nSPS) is 17.5. The van der Waals surface area contributed by atoms with Gasteiger partial charge in [-0.25, -0.2) is 4.90 Å². The average molecular weight is 336 g/mol. The molecule has 0 saturated carbocycles. The van der Waals surface area contributed by atoms with E-state index in [4.69, 9.17) is 5.11 Å². The van der Waals surface area contributed by atoms with Crippen LogP contribution < -0.4 is 10.2 Å². The molecule has 2 rings (SSSR count). The molecule has 7 nitrogen and oxygen atoms in total. The zero-order chi connectivity index (χ0) is 17.1. The summed E-state index contributed by atoms with van der Waals surface area (Å²) < 4.78 is 0. The zero-order valence-corrected chi connectivity index (χ0v) is 13.5. The highest BCUT2D eigenvalue weighted by molar-refractivity contribution is 8.15. The van der Waals surface area contributed by atoms with Crippen LogP contribution in [0.3, 0.4) is 0 Å². The van der Waals surface area contributed by atoms with Gasteiger partial charge >= 0.3 is 5.97 Å². The molecule has 1 saturated heterocycles. The van der Waals surface area contributed by atoms with Crippen LogP contribution in [0.1, 0.15) is 17.5 Å². The lowest BCUT2D eigenvalue weighted by atomic mass is 10.1. The summed E-state index contributed by atoms with van der Waals surface area (Å²) in [6.07, 6.45) is -0.232. The van der Waals surface area contributed by atoms with Gasteiger partial charge in [-0.1, -0.05) is 17.7 Å². The third-order valence-corrected chi connectivity index (χ3v) is 4.36. The Bertz CT molecular complexity index is 688. The van der Waals surface area contributed by atoms with Gasteiger partial charge in [-0.2, -0.15) is 0 Å². The first-order valence-electron chi connectivity index (χ1n) is 6.90. The lowest BCUT2D eigenvalue weighted by Crippen LogP contribution is -2.36. The first-order valence-corrected chi connectivity index (χ1v) is 7.78. The van der Waals surface area contributed by atoms with Crippen LogP contribution in [-0.4, -0.2) is 39.9 Å². The van der Waals surface area contributed by atoms with Crippen LogP contribution >= 0.6 is 11.8 Å². The summed E-state index contributed by atoms with van der Waals surface area (Å²) >= 11 is 0.781. The Morgan fingerprint density at radius 1 is 1.30 bits per heavy atom. The second-order valence-corrected chi connectivity index (χ2v) is 6.36. The number of anilines is 1. The maximum absolute atomic E-state index is 12.4. The number of hydrogen-bond donors (Lipinski definition) is 2. The van der Waals surface area contributed by atoms with Gasteiger partial charge < -0.3 is 10.4 Å². The molecule has 0 aromatic heterocycles. The number of aliphatic carboxylic acids is 1. The Morgan fingerprint density at radius 3 is 2.61 bits per heavy atom. The Balaban J connectivity index is 2.11. The number of aryl methyl sites for hydroxylation is 2. The number of imide groups is 1. The van der Waals surface area contributed by atoms with E-state index in [0.717, 1.165) is 27.8 Å². The number of amides is 3. The van der Waals surface area contributed by atoms with Crippen molar-refractivity contribution in [2.45, 2.75) is 25.5 Å². The Morgan fingerprint density at radius 2 is 2.00 bits per heavy atom. The number of rotatable bonds is 5. The molecular weight excluding hydrogens is 320 g/mol. The van der Waals surface area contributed by atoms with Gasteiger partial charge in [0.1, 0.15) is 11.8 Å². The smallest absolute Gasteiger partial charge is 0.322 e. The Hall–Kier alpha value is -2.35. The summed E-state index contributed by atoms with van der Waals surface area (Å²) in [7, 11) is 0. The summed E-state index contributed by atoms with van der Waals surface area (Å²) in [5.74, 6) is -2.21. The Kier molecular flexibility index (Phi) is 5.05. The number of nitrogens with zero attached hydrogens (tertiary/aromatic N) is 1. The quantitative estimate of drug-likeness (QED) is 0.844. The summed E-state index contributed by atoms with van der Waals surface area (Å²) in [6, 6.07) is 5.38. The standard InChI is InChI=1S/C15H16N2O5S/c1-8-3-4-10(9(2)5-8)17-14(21)11(23-15(17)22)6-12(18)16-7-13(19)20/h3-5,11H,6-7H2,1-2H3,(H,16,18)(H,19,20). The number of carbonyl (C=O) groups is 4. The van der Waals surface area contributed by atoms with Gasteiger partial charge in [-0.05, 0) is 37.2 Å². The molecule has 1 atom stereocenters. The summed E-state index contributed by atoms with van der Waals surface area (Å²) in [5.41, 5.74) is 2.32. The lowest BCUT2D eigenvalue weighted by Gasteiger charge is -2.16. The summed E-state index contributed by atoms with van der Waals surface area (Å²) in [5, 5.41) is 9.43. The molecule has 3 amide bonds. The van der Waals surface area contributed by atoms with Gasteiger partial charge in [0.15, 0.2) is 0 Å². The topological polar surface area (TPSA) is 104 Å². The van der Waals surface area contributed by atoms with E-state index in [1.54, 1.807) is 19.1 Å². The molecule has 0 spiro atoms. The van der Waals surface area contributed by atoms with Crippen molar-refractivity contribution in [3.05, 3.63) is 29.3 Å². The van der Waals surface area contributed by atoms with E-state index in [9.17, 15) is 19.2 Å². The van der Waals surface area contributed by atoms with E-state index in [1.807, 2.05) is 13.0 Å². The molecule has 23 heavy (non-hydrogen) atoms. The predicted molar refractivity (Wildman–Crippen MR) is 85.4 cm³/mol. The van der Waals surface area contributed by atoms with Crippen LogP contribution in [0.25, 0.3) is 0 Å². The van der Waals surface area contributed by atoms with Gasteiger partial charge in [0.25, 0.3) is 5.24 Å². The van der Waals surface area contributed by atoms with Gasteiger partial charge in [0.05, 0.1) is 5.69 Å². The minimum atomic E-state index is -1.17. The summed E-state index contributed by atoms with van der Waals surface area (Å²) in [4.78, 5) is 47.7. The van der Waals surface area contributed by atoms with E-state index in [1.165, 1.54) is 0 Å². The Labute approximate surface area is 137 Å². The summed E-state index contributed by atoms with van der Waals surface area (Å²) in [6.45, 7) is 3.20. The third kappa shape index (κ3) is 3.89. The average Bonchev–Trinajstić information content (AvgIpc) is 2.72. The molecule has 8 heteroatoms. The van der Waals surface area contributed by atoms with Crippen molar-refractivity contribution in [3.63, 3.8) is 0 Å². The van der Waals surface area contributed by atoms with Crippen LogP contribution in [0.15, 0.2) is 18.2 Å². The molecule has 0 radical (unpaired) electrons. The fourth-order valence-corrected chi connectivity index (χ4v) is 3.25. The van der Waals surface area contributed by atoms with Crippen molar-refractivity contribution in [3.8, 4) is 0 Å². The van der Waals surface area contributed by atoms with Crippen LogP contribution in [-0.2, 0) is 14.4 Å². The van der Waals surface area contributed by atoms with E-state index < -0.39 is 34.8 Å². The molecule has 1 heterocycles. The highest BCUT2D eigenvalue weighted by atomic mass is 32.2. The van der Waals surface area contributed by atoms with E-state index in [-0.39, 0.29) is 6.42 Å². The van der Waals surface area contributed by atoms with E-state index in [0.29, 0.717) is 5.69 Å². The minimum Gasteiger partial charge on any atom is -0.480 e. The molecule has 2 N–H and O–H groups in total. The third-order valence-electron chi connectivity index (χ3n) is 3.32. The minimum absolute atomic E-state index is 0.232. The second-order valence-electron chi connectivity index (χ2n) is 5.21. The number of nitrogens with one attached hydrogen (secondary N) is 1. The molecule has 1 fully saturated rings. The fraction of sp³-hybridized carbons (Fsp3) is 0.333. The number of benzene rings is 1. The van der Waals surface area contributed by atoms with Gasteiger partial charge in [0.2, 0.25) is 11.8 Å². The second kappa shape index (κ2) is 6.82. The highest BCUT2D eigenvalue weighted by Gasteiger charge is 2.42. The number of carboxylic acid groups (broad SMARTS) is 1. The molecule has 1 aromatic rings. The SMILES string of the molecule is Cc1ccc(N2C(=O)SC(CC(=O)NCC(=O)O)C2=O)c(C)c1. The van der Waals surface area contributed by atoms with Crippen LogP contribution in [0, 0.1) is 13.8 Å². The largest absolute Gasteiger partial charge is 0.480 e. The highest BCUT2D eigenvalue weighted by Crippen LogP contribution is 2.35. The maximum atomic E-state index is 12.4. The van der Waals surface area contributed by atoms with Gasteiger partial charge in [-0.15, -0.1) is 0 Å². The first-order chi connectivity index (χ1) is 10.8. The maximum Gasteiger partial charge on any atom is 0.322 e. The monoisotopic (exact) mass is 336 g/mol. The molecular formula is C15H16N2O5S. The fourth-order valence-electron chi connectivity index (χ4n) is 2.28. The lowest BCUT2D eigenvalue weighted by molar-refractivity contribution is -0.137. The van der Waals surface area contributed by atoms with Crippen molar-refractivity contribution >= 4 is 40.5 Å². The molecule has 1 aromatic carbocycles. The molecule has 1 aliphatic rings. The van der Waals surface area contributed by atoms with Crippen molar-refractivity contribution in [2.24, 2.45) is 0 Å². The predicted octanol–water partition coefficient (Wildman–Crippen LogP) is 1.46. The van der Waals surface area contributed by atoms with Crippen molar-refractivity contribution in [1.82, 2.24) is 5.32 Å². The molecule has 1 unspecified atom stereocenters. The molecule has 122 valence electrons. The molecule has 0 bridgehead atoms. The zero-order valence-electron chi connectivity index (χ0n) is 12.7.